The molecule has 10 heteroatoms. The minimum absolute atomic E-state index is 0.0351. The lowest BCUT2D eigenvalue weighted by atomic mass is 10.0. The van der Waals surface area contributed by atoms with Crippen molar-refractivity contribution >= 4 is 52.2 Å². The van der Waals surface area contributed by atoms with Crippen LogP contribution in [0.4, 0.5) is 11.4 Å². The summed E-state index contributed by atoms with van der Waals surface area (Å²) in [5.41, 5.74) is 13.2. The van der Waals surface area contributed by atoms with E-state index >= 15 is 0 Å². The van der Waals surface area contributed by atoms with Crippen molar-refractivity contribution in [3.8, 4) is 0 Å². The van der Waals surface area contributed by atoms with Gasteiger partial charge in [0.1, 0.15) is 10.9 Å². The molecular weight excluding hydrogens is 486 g/mol. The number of nitrogens with zero attached hydrogens (tertiary/aromatic N) is 2. The monoisotopic (exact) mass is 511 g/mol. The first-order valence-electron chi connectivity index (χ1n) is 11.3. The van der Waals surface area contributed by atoms with E-state index in [2.05, 4.69) is 9.69 Å². The Kier molecular flexibility index (Phi) is 7.37. The number of carbonyl (C=O) groups is 3. The van der Waals surface area contributed by atoms with Crippen molar-refractivity contribution in [1.29, 1.82) is 0 Å². The van der Waals surface area contributed by atoms with Crippen molar-refractivity contribution in [3.05, 3.63) is 75.3 Å². The fourth-order valence-corrected chi connectivity index (χ4v) is 5.18. The van der Waals surface area contributed by atoms with Crippen LogP contribution >= 0.6 is 23.1 Å². The average Bonchev–Trinajstić information content (AvgIpc) is 3.47. The topological polar surface area (TPSA) is 131 Å². The predicted octanol–water partition coefficient (Wildman–Crippen LogP) is 4.23. The van der Waals surface area contributed by atoms with Gasteiger partial charge in [0, 0.05) is 16.8 Å². The molecule has 5 N–H and O–H groups in total. The minimum atomic E-state index is -1.01. The number of anilines is 2. The first-order chi connectivity index (χ1) is 16.8. The third kappa shape index (κ3) is 5.31. The molecule has 182 valence electrons. The van der Waals surface area contributed by atoms with E-state index in [0.29, 0.717) is 16.3 Å². The molecule has 0 radical (unpaired) electrons. The van der Waals surface area contributed by atoms with Crippen LogP contribution in [-0.4, -0.2) is 28.1 Å². The molecule has 3 aromatic rings. The maximum absolute atomic E-state index is 14.0. The second kappa shape index (κ2) is 10.5. The van der Waals surface area contributed by atoms with Gasteiger partial charge >= 0.3 is 0 Å². The first kappa shape index (κ1) is 24.7. The van der Waals surface area contributed by atoms with Crippen LogP contribution in [0.25, 0.3) is 0 Å². The number of amides is 3. The molecule has 2 aromatic carbocycles. The largest absolute Gasteiger partial charge is 0.395 e. The number of aryl methyl sites for hydroxylation is 1. The number of nitrogens with one attached hydrogen (secondary N) is 1. The smallest absolute Gasteiger partial charge is 0.273 e. The van der Waals surface area contributed by atoms with Gasteiger partial charge in [-0.25, -0.2) is 0 Å². The van der Waals surface area contributed by atoms with Gasteiger partial charge in [0.2, 0.25) is 5.91 Å². The Morgan fingerprint density at radius 2 is 1.83 bits per heavy atom. The number of hydrogen-bond donors (Lipinski definition) is 3. The molecule has 35 heavy (non-hydrogen) atoms. The quantitative estimate of drug-likeness (QED) is 0.436. The highest BCUT2D eigenvalue weighted by Crippen LogP contribution is 2.34. The van der Waals surface area contributed by atoms with Crippen LogP contribution in [0.5, 0.6) is 0 Å². The van der Waals surface area contributed by atoms with E-state index in [1.807, 2.05) is 25.1 Å². The zero-order chi connectivity index (χ0) is 25.1. The van der Waals surface area contributed by atoms with Crippen molar-refractivity contribution in [2.75, 3.05) is 10.6 Å². The summed E-state index contributed by atoms with van der Waals surface area (Å²) in [4.78, 5) is 40.9. The van der Waals surface area contributed by atoms with Crippen LogP contribution in [0.15, 0.2) is 48.5 Å². The molecule has 1 fully saturated rings. The molecule has 0 bridgehead atoms. The highest BCUT2D eigenvalue weighted by atomic mass is 35.5. The van der Waals surface area contributed by atoms with Crippen LogP contribution in [0, 0.1) is 6.92 Å². The molecule has 1 saturated carbocycles. The number of nitrogen functional groups attached to an aromatic ring is 1. The molecule has 1 aromatic heterocycles. The van der Waals surface area contributed by atoms with Gasteiger partial charge in [-0.05, 0) is 66.7 Å². The van der Waals surface area contributed by atoms with E-state index in [4.69, 9.17) is 23.1 Å². The van der Waals surface area contributed by atoms with Crippen molar-refractivity contribution in [2.45, 2.75) is 44.7 Å². The molecule has 8 nitrogen and oxygen atoms in total. The third-order valence-electron chi connectivity index (χ3n) is 6.05. The molecule has 0 spiro atoms. The Hall–Kier alpha value is -3.43. The zero-order valence-electron chi connectivity index (χ0n) is 19.2. The highest BCUT2D eigenvalue weighted by Gasteiger charge is 2.37. The number of benzene rings is 2. The van der Waals surface area contributed by atoms with Crippen molar-refractivity contribution < 1.29 is 14.4 Å². The molecular formula is C25H26ClN5O3S. The SMILES string of the molecule is Cc1cccc(N(C(=O)c2snc(C(N)=O)c2N)C(C(=O)NC2CCCC2)c2ccc(Cl)cc2)c1. The Morgan fingerprint density at radius 3 is 2.43 bits per heavy atom. The molecule has 1 unspecified atom stereocenters. The average molecular weight is 512 g/mol. The van der Waals surface area contributed by atoms with Crippen molar-refractivity contribution in [3.63, 3.8) is 0 Å². The van der Waals surface area contributed by atoms with Gasteiger partial charge in [-0.2, -0.15) is 4.37 Å². The minimum Gasteiger partial charge on any atom is -0.395 e. The van der Waals surface area contributed by atoms with E-state index in [1.54, 1.807) is 30.3 Å². The van der Waals surface area contributed by atoms with E-state index in [1.165, 1.54) is 4.90 Å². The van der Waals surface area contributed by atoms with E-state index in [-0.39, 0.29) is 28.2 Å². The summed E-state index contributed by atoms with van der Waals surface area (Å²) in [5, 5.41) is 3.63. The molecule has 1 aliphatic carbocycles. The number of rotatable bonds is 7. The normalized spacial score (nSPS) is 14.5. The van der Waals surface area contributed by atoms with Gasteiger partial charge in [-0.1, -0.05) is 48.7 Å². The number of hydrogen-bond acceptors (Lipinski definition) is 6. The second-order valence-electron chi connectivity index (χ2n) is 8.60. The molecule has 0 aliphatic heterocycles. The Balaban J connectivity index is 1.85. The Labute approximate surface area is 212 Å². The van der Waals surface area contributed by atoms with E-state index < -0.39 is 17.9 Å². The fraction of sp³-hybridized carbons (Fsp3) is 0.280. The predicted molar refractivity (Wildman–Crippen MR) is 138 cm³/mol. The number of primary amides is 1. The van der Waals surface area contributed by atoms with Crippen LogP contribution < -0.4 is 21.7 Å². The molecule has 1 heterocycles. The molecule has 1 atom stereocenters. The standard InChI is InChI=1S/C25H26ClN5O3S/c1-14-5-4-8-18(13-14)31(25(34)22-19(27)20(23(28)32)30-35-22)21(15-9-11-16(26)12-10-15)24(33)29-17-6-2-3-7-17/h4-5,8-13,17,21H,2-3,6-7,27H2,1H3,(H2,28,32)(H,29,33). The van der Waals surface area contributed by atoms with Crippen LogP contribution in [-0.2, 0) is 4.79 Å². The summed E-state index contributed by atoms with van der Waals surface area (Å²) in [7, 11) is 0. The summed E-state index contributed by atoms with van der Waals surface area (Å²) in [6, 6.07) is 13.1. The lowest BCUT2D eigenvalue weighted by Gasteiger charge is -2.32. The van der Waals surface area contributed by atoms with Gasteiger partial charge < -0.3 is 16.8 Å². The summed E-state index contributed by atoms with van der Waals surface area (Å²) in [5.74, 6) is -1.69. The van der Waals surface area contributed by atoms with E-state index in [9.17, 15) is 14.4 Å². The number of halogens is 1. The zero-order valence-corrected chi connectivity index (χ0v) is 20.7. The van der Waals surface area contributed by atoms with Gasteiger partial charge in [0.05, 0.1) is 5.69 Å². The maximum Gasteiger partial charge on any atom is 0.273 e. The number of carbonyl (C=O) groups excluding carboxylic acids is 3. The Bertz CT molecular complexity index is 1250. The van der Waals surface area contributed by atoms with Crippen molar-refractivity contribution in [1.82, 2.24) is 9.69 Å². The van der Waals surface area contributed by atoms with Crippen LogP contribution in [0.3, 0.4) is 0 Å². The first-order valence-corrected chi connectivity index (χ1v) is 12.4. The fourth-order valence-electron chi connectivity index (χ4n) is 4.31. The number of aromatic nitrogens is 1. The van der Waals surface area contributed by atoms with Crippen LogP contribution in [0.2, 0.25) is 5.02 Å². The maximum atomic E-state index is 14.0. The summed E-state index contributed by atoms with van der Waals surface area (Å²) in [6.07, 6.45) is 3.87. The van der Waals surface area contributed by atoms with Crippen LogP contribution in [0.1, 0.15) is 63.0 Å². The van der Waals surface area contributed by atoms with Gasteiger partial charge in [0.15, 0.2) is 5.69 Å². The molecule has 0 saturated heterocycles. The summed E-state index contributed by atoms with van der Waals surface area (Å²) in [6.45, 7) is 1.90. The van der Waals surface area contributed by atoms with E-state index in [0.717, 1.165) is 42.8 Å². The number of nitrogens with two attached hydrogens (primary N) is 2. The van der Waals surface area contributed by atoms with Gasteiger partial charge in [0.25, 0.3) is 11.8 Å². The lowest BCUT2D eigenvalue weighted by Crippen LogP contribution is -2.46. The van der Waals surface area contributed by atoms with Crippen molar-refractivity contribution in [2.24, 2.45) is 5.73 Å². The van der Waals surface area contributed by atoms with Gasteiger partial charge in [-0.15, -0.1) is 0 Å². The highest BCUT2D eigenvalue weighted by molar-refractivity contribution is 7.09. The summed E-state index contributed by atoms with van der Waals surface area (Å²) < 4.78 is 3.98. The lowest BCUT2D eigenvalue weighted by molar-refractivity contribution is -0.123. The van der Waals surface area contributed by atoms with Gasteiger partial charge in [-0.3, -0.25) is 19.3 Å². The molecule has 1 aliphatic rings. The Morgan fingerprint density at radius 1 is 1.14 bits per heavy atom. The second-order valence-corrected chi connectivity index (χ2v) is 9.81. The third-order valence-corrected chi connectivity index (χ3v) is 7.15. The summed E-state index contributed by atoms with van der Waals surface area (Å²) >= 11 is 6.89. The molecule has 3 amide bonds. The molecule has 4 rings (SSSR count).